The van der Waals surface area contributed by atoms with Crippen LogP contribution in [0, 0.1) is 11.3 Å². The van der Waals surface area contributed by atoms with Crippen molar-refractivity contribution in [1.29, 1.82) is 5.26 Å². The maximum Gasteiger partial charge on any atom is 0.387 e. The average Bonchev–Trinajstić information content (AvgIpc) is 2.36. The van der Waals surface area contributed by atoms with Gasteiger partial charge in [0.1, 0.15) is 11.3 Å². The summed E-state index contributed by atoms with van der Waals surface area (Å²) in [5.41, 5.74) is -0.499. The highest BCUT2D eigenvalue weighted by atomic mass is 19.3. The molecule has 0 fully saturated rings. The molecule has 1 rings (SSSR count). The monoisotopic (exact) mass is 257 g/mol. The number of hydrogen-bond acceptors (Lipinski definition) is 5. The first-order valence-electron chi connectivity index (χ1n) is 4.75. The first-order chi connectivity index (χ1) is 8.54. The predicted octanol–water partition coefficient (Wildman–Crippen LogP) is 1.44. The van der Waals surface area contributed by atoms with Crippen molar-refractivity contribution in [2.24, 2.45) is 0 Å². The molecule has 1 aromatic rings. The minimum atomic E-state index is -3.13. The number of ether oxygens (including phenoxy) is 2. The van der Waals surface area contributed by atoms with Gasteiger partial charge in [-0.25, -0.2) is 4.79 Å². The largest absolute Gasteiger partial charge is 0.465 e. The van der Waals surface area contributed by atoms with Crippen molar-refractivity contribution >= 4 is 5.97 Å². The first kappa shape index (κ1) is 13.9. The van der Waals surface area contributed by atoms with Gasteiger partial charge in [0.25, 0.3) is 0 Å². The van der Waals surface area contributed by atoms with Crippen LogP contribution in [-0.4, -0.2) is 24.8 Å². The van der Waals surface area contributed by atoms with Gasteiger partial charge in [0.05, 0.1) is 25.3 Å². The SMILES string of the molecule is COC(=O)c1c(OC(F)F)ccc(C#N)c1CO. The van der Waals surface area contributed by atoms with Crippen LogP contribution in [0.15, 0.2) is 12.1 Å². The molecule has 1 aromatic carbocycles. The Morgan fingerprint density at radius 2 is 2.22 bits per heavy atom. The summed E-state index contributed by atoms with van der Waals surface area (Å²) in [4.78, 5) is 11.5. The molecule has 18 heavy (non-hydrogen) atoms. The molecule has 7 heteroatoms. The second kappa shape index (κ2) is 5.93. The molecule has 96 valence electrons. The molecule has 5 nitrogen and oxygen atoms in total. The van der Waals surface area contributed by atoms with Gasteiger partial charge in [0, 0.05) is 5.56 Å². The highest BCUT2D eigenvalue weighted by molar-refractivity contribution is 5.94. The second-order valence-electron chi connectivity index (χ2n) is 3.10. The predicted molar refractivity (Wildman–Crippen MR) is 55.1 cm³/mol. The van der Waals surface area contributed by atoms with Crippen molar-refractivity contribution in [1.82, 2.24) is 0 Å². The number of alkyl halides is 2. The molecule has 0 aromatic heterocycles. The fourth-order valence-electron chi connectivity index (χ4n) is 1.42. The van der Waals surface area contributed by atoms with Crippen molar-refractivity contribution in [3.8, 4) is 11.8 Å². The third kappa shape index (κ3) is 2.73. The molecule has 0 saturated carbocycles. The third-order valence-electron chi connectivity index (χ3n) is 2.16. The molecule has 0 saturated heterocycles. The van der Waals surface area contributed by atoms with E-state index < -0.39 is 24.9 Å². The summed E-state index contributed by atoms with van der Waals surface area (Å²) >= 11 is 0. The fourth-order valence-corrected chi connectivity index (χ4v) is 1.42. The summed E-state index contributed by atoms with van der Waals surface area (Å²) in [6, 6.07) is 3.96. The van der Waals surface area contributed by atoms with Gasteiger partial charge in [0.15, 0.2) is 0 Å². The molecule has 0 heterocycles. The maximum absolute atomic E-state index is 12.2. The third-order valence-corrected chi connectivity index (χ3v) is 2.16. The molecule has 0 radical (unpaired) electrons. The first-order valence-corrected chi connectivity index (χ1v) is 4.75. The molecular weight excluding hydrogens is 248 g/mol. The summed E-state index contributed by atoms with van der Waals surface area (Å²) < 4.78 is 32.9. The molecule has 0 amide bonds. The van der Waals surface area contributed by atoms with Crippen molar-refractivity contribution in [3.05, 3.63) is 28.8 Å². The molecule has 0 bridgehead atoms. The highest BCUT2D eigenvalue weighted by Crippen LogP contribution is 2.27. The standard InChI is InChI=1S/C11H9F2NO4/c1-17-10(16)9-7(5-15)6(4-14)2-3-8(9)18-11(12)13/h2-3,11,15H,5H2,1H3. The number of rotatable bonds is 4. The number of aliphatic hydroxyl groups excluding tert-OH is 1. The number of halogens is 2. The zero-order chi connectivity index (χ0) is 13.7. The molecule has 0 aliphatic rings. The Hall–Kier alpha value is -2.20. The van der Waals surface area contributed by atoms with Crippen LogP contribution in [0.2, 0.25) is 0 Å². The topological polar surface area (TPSA) is 79.5 Å². The molecule has 1 N–H and O–H groups in total. The lowest BCUT2D eigenvalue weighted by atomic mass is 10.0. The van der Waals surface area contributed by atoms with Crippen LogP contribution in [0.3, 0.4) is 0 Å². The van der Waals surface area contributed by atoms with E-state index in [2.05, 4.69) is 9.47 Å². The quantitative estimate of drug-likeness (QED) is 0.825. The van der Waals surface area contributed by atoms with E-state index in [1.807, 2.05) is 0 Å². The van der Waals surface area contributed by atoms with E-state index in [9.17, 15) is 13.6 Å². The van der Waals surface area contributed by atoms with Crippen LogP contribution >= 0.6 is 0 Å². The number of methoxy groups -OCH3 is 1. The van der Waals surface area contributed by atoms with Gasteiger partial charge in [-0.15, -0.1) is 0 Å². The minimum Gasteiger partial charge on any atom is -0.465 e. The number of esters is 1. The Bertz CT molecular complexity index is 497. The van der Waals surface area contributed by atoms with E-state index in [-0.39, 0.29) is 16.7 Å². The Kier molecular flexibility index (Phi) is 4.57. The Balaban J connectivity index is 3.45. The minimum absolute atomic E-state index is 0.0143. The highest BCUT2D eigenvalue weighted by Gasteiger charge is 2.22. The van der Waals surface area contributed by atoms with Crippen LogP contribution < -0.4 is 4.74 Å². The number of hydrogen-bond donors (Lipinski definition) is 1. The van der Waals surface area contributed by atoms with E-state index in [0.717, 1.165) is 13.2 Å². The molecule has 0 spiro atoms. The zero-order valence-corrected chi connectivity index (χ0v) is 9.31. The lowest BCUT2D eigenvalue weighted by Crippen LogP contribution is -2.13. The average molecular weight is 257 g/mol. The normalized spacial score (nSPS) is 10.0. The summed E-state index contributed by atoms with van der Waals surface area (Å²) in [6.07, 6.45) is 0. The number of nitrogens with zero attached hydrogens (tertiary/aromatic N) is 1. The van der Waals surface area contributed by atoms with Crippen molar-refractivity contribution in [3.63, 3.8) is 0 Å². The van der Waals surface area contributed by atoms with E-state index in [1.54, 1.807) is 6.07 Å². The van der Waals surface area contributed by atoms with Crippen LogP contribution in [-0.2, 0) is 11.3 Å². The molecule has 0 atom stereocenters. The van der Waals surface area contributed by atoms with Crippen molar-refractivity contribution in [2.75, 3.05) is 7.11 Å². The van der Waals surface area contributed by atoms with E-state index in [4.69, 9.17) is 10.4 Å². The fraction of sp³-hybridized carbons (Fsp3) is 0.273. The molecular formula is C11H9F2NO4. The smallest absolute Gasteiger partial charge is 0.387 e. The van der Waals surface area contributed by atoms with Crippen LogP contribution in [0.25, 0.3) is 0 Å². The number of benzene rings is 1. The van der Waals surface area contributed by atoms with Crippen LogP contribution in [0.5, 0.6) is 5.75 Å². The number of nitriles is 1. The number of aliphatic hydroxyl groups is 1. The zero-order valence-electron chi connectivity index (χ0n) is 9.31. The van der Waals surface area contributed by atoms with E-state index >= 15 is 0 Å². The van der Waals surface area contributed by atoms with Crippen molar-refractivity contribution < 1.29 is 28.2 Å². The van der Waals surface area contributed by atoms with Gasteiger partial charge < -0.3 is 14.6 Å². The summed E-state index contributed by atoms with van der Waals surface area (Å²) in [5, 5.41) is 17.9. The number of carbonyl (C=O) groups excluding carboxylic acids is 1. The Morgan fingerprint density at radius 3 is 2.67 bits per heavy atom. The van der Waals surface area contributed by atoms with Crippen LogP contribution in [0.4, 0.5) is 8.78 Å². The van der Waals surface area contributed by atoms with Gasteiger partial charge >= 0.3 is 12.6 Å². The lowest BCUT2D eigenvalue weighted by molar-refractivity contribution is -0.0505. The van der Waals surface area contributed by atoms with E-state index in [1.165, 1.54) is 6.07 Å². The number of carbonyl (C=O) groups is 1. The second-order valence-corrected chi connectivity index (χ2v) is 3.10. The van der Waals surface area contributed by atoms with Gasteiger partial charge in [-0.05, 0) is 12.1 Å². The van der Waals surface area contributed by atoms with Gasteiger partial charge in [-0.1, -0.05) is 0 Å². The Morgan fingerprint density at radius 1 is 1.56 bits per heavy atom. The lowest BCUT2D eigenvalue weighted by Gasteiger charge is -2.13. The molecule has 0 aliphatic heterocycles. The van der Waals surface area contributed by atoms with Crippen molar-refractivity contribution in [2.45, 2.75) is 13.2 Å². The summed E-state index contributed by atoms with van der Waals surface area (Å²) in [7, 11) is 1.05. The van der Waals surface area contributed by atoms with Crippen LogP contribution in [0.1, 0.15) is 21.5 Å². The molecule has 0 aliphatic carbocycles. The van der Waals surface area contributed by atoms with Gasteiger partial charge in [0.2, 0.25) is 0 Å². The summed E-state index contributed by atoms with van der Waals surface area (Å²) in [6.45, 7) is -3.80. The maximum atomic E-state index is 12.2. The van der Waals surface area contributed by atoms with Gasteiger partial charge in [-0.3, -0.25) is 0 Å². The Labute approximate surface area is 101 Å². The molecule has 0 unspecified atom stereocenters. The van der Waals surface area contributed by atoms with Gasteiger partial charge in [-0.2, -0.15) is 14.0 Å². The van der Waals surface area contributed by atoms with E-state index in [0.29, 0.717) is 0 Å². The summed E-state index contributed by atoms with van der Waals surface area (Å²) in [5.74, 6) is -1.41.